The number of nitrogens with zero attached hydrogens (tertiary/aromatic N) is 2. The van der Waals surface area contributed by atoms with Crippen molar-refractivity contribution in [3.63, 3.8) is 0 Å². The average molecular weight is 616 g/mol. The van der Waals surface area contributed by atoms with Gasteiger partial charge in [-0.3, -0.25) is 34.2 Å². The zero-order chi connectivity index (χ0) is 30.4. The number of esters is 2. The van der Waals surface area contributed by atoms with Crippen LogP contribution in [0.5, 0.6) is 0 Å². The van der Waals surface area contributed by atoms with E-state index in [0.717, 1.165) is 22.2 Å². The first kappa shape index (κ1) is 30.3. The number of nitrogens with one attached hydrogen (secondary N) is 1. The van der Waals surface area contributed by atoms with Crippen molar-refractivity contribution in [1.82, 2.24) is 10.2 Å². The van der Waals surface area contributed by atoms with Gasteiger partial charge in [-0.25, -0.2) is 4.79 Å². The number of β-lactam (4-membered cyclic amide) rings is 1. The molecule has 1 saturated heterocycles. The normalized spacial score (nSPS) is 19.2. The predicted molar refractivity (Wildman–Crippen MR) is 147 cm³/mol. The SMILES string of the molecule is CC(=O)OCC1=C(C(=O)OCc2ccc([N+](=O)[O-])cc2)N2C(=O)C(NC(=O)C(OC=O)c3ccccc3)[C@H]2S/C1=C\Cl. The molecule has 0 aliphatic carbocycles. The fraction of sp³-hybridized carbons (Fsp3) is 0.222. The van der Waals surface area contributed by atoms with Gasteiger partial charge in [0.05, 0.1) is 4.92 Å². The first-order valence-electron chi connectivity index (χ1n) is 12.2. The maximum Gasteiger partial charge on any atom is 0.355 e. The molecular formula is C27H22ClN3O10S. The number of ether oxygens (including phenoxy) is 3. The largest absolute Gasteiger partial charge is 0.461 e. The second-order valence-electron chi connectivity index (χ2n) is 8.81. The Labute approximate surface area is 247 Å². The molecule has 3 atom stereocenters. The number of nitro benzene ring substituents is 1. The lowest BCUT2D eigenvalue weighted by molar-refractivity contribution is -0.384. The number of non-ortho nitro benzene ring substituents is 1. The van der Waals surface area contributed by atoms with E-state index in [-0.39, 0.29) is 34.9 Å². The average Bonchev–Trinajstić information content (AvgIpc) is 2.99. The first-order valence-corrected chi connectivity index (χ1v) is 13.5. The lowest BCUT2D eigenvalue weighted by atomic mass is 10.0. The van der Waals surface area contributed by atoms with E-state index < -0.39 is 52.8 Å². The van der Waals surface area contributed by atoms with Crippen LogP contribution < -0.4 is 5.32 Å². The number of benzene rings is 2. The van der Waals surface area contributed by atoms with E-state index in [1.54, 1.807) is 30.3 Å². The molecule has 0 radical (unpaired) electrons. The smallest absolute Gasteiger partial charge is 0.355 e. The molecule has 0 aromatic heterocycles. The lowest BCUT2D eigenvalue weighted by Crippen LogP contribution is -2.70. The molecule has 42 heavy (non-hydrogen) atoms. The van der Waals surface area contributed by atoms with Gasteiger partial charge < -0.3 is 19.5 Å². The Kier molecular flexibility index (Phi) is 9.60. The molecule has 2 aliphatic heterocycles. The number of amides is 2. The molecule has 1 N–H and O–H groups in total. The quantitative estimate of drug-likeness (QED) is 0.0984. The Morgan fingerprint density at radius 1 is 1.12 bits per heavy atom. The summed E-state index contributed by atoms with van der Waals surface area (Å²) in [6.45, 7) is 0.600. The summed E-state index contributed by atoms with van der Waals surface area (Å²) in [4.78, 5) is 74.1. The Bertz CT molecular complexity index is 1480. The van der Waals surface area contributed by atoms with Gasteiger partial charge in [0.2, 0.25) is 6.10 Å². The third-order valence-corrected chi connectivity index (χ3v) is 7.86. The Morgan fingerprint density at radius 3 is 2.40 bits per heavy atom. The van der Waals surface area contributed by atoms with Crippen molar-refractivity contribution in [3.05, 3.63) is 97.5 Å². The summed E-state index contributed by atoms with van der Waals surface area (Å²) in [7, 11) is 0. The van der Waals surface area contributed by atoms with E-state index in [1.165, 1.54) is 31.2 Å². The maximum atomic E-state index is 13.4. The van der Waals surface area contributed by atoms with Crippen molar-refractivity contribution in [3.8, 4) is 0 Å². The molecule has 2 unspecified atom stereocenters. The van der Waals surface area contributed by atoms with Crippen LogP contribution in [-0.2, 0) is 44.8 Å². The van der Waals surface area contributed by atoms with E-state index in [4.69, 9.17) is 25.8 Å². The summed E-state index contributed by atoms with van der Waals surface area (Å²) in [5.41, 5.74) is 1.69. The zero-order valence-electron chi connectivity index (χ0n) is 21.8. The summed E-state index contributed by atoms with van der Waals surface area (Å²) >= 11 is 7.10. The molecule has 0 saturated carbocycles. The molecule has 4 rings (SSSR count). The lowest BCUT2D eigenvalue weighted by Gasteiger charge is -2.50. The zero-order valence-corrected chi connectivity index (χ0v) is 23.3. The molecule has 2 aromatic rings. The highest BCUT2D eigenvalue weighted by Crippen LogP contribution is 2.47. The molecule has 0 spiro atoms. The van der Waals surface area contributed by atoms with Gasteiger partial charge in [0, 0.05) is 40.6 Å². The monoisotopic (exact) mass is 615 g/mol. The number of carbonyl (C=O) groups excluding carboxylic acids is 5. The number of hydrogen-bond acceptors (Lipinski definition) is 11. The van der Waals surface area contributed by atoms with Gasteiger partial charge in [0.25, 0.3) is 24.0 Å². The summed E-state index contributed by atoms with van der Waals surface area (Å²) in [5, 5.41) is 12.6. The minimum absolute atomic E-state index is 0.111. The highest BCUT2D eigenvalue weighted by Gasteiger charge is 2.56. The number of carbonyl (C=O) groups is 5. The molecule has 218 valence electrons. The molecule has 2 amide bonds. The van der Waals surface area contributed by atoms with Crippen molar-refractivity contribution in [2.45, 2.75) is 31.1 Å². The van der Waals surface area contributed by atoms with Crippen molar-refractivity contribution in [1.29, 1.82) is 0 Å². The van der Waals surface area contributed by atoms with Gasteiger partial charge in [0.15, 0.2) is 0 Å². The topological polar surface area (TPSA) is 171 Å². The van der Waals surface area contributed by atoms with E-state index in [9.17, 15) is 34.1 Å². The van der Waals surface area contributed by atoms with Crippen LogP contribution in [0.4, 0.5) is 5.69 Å². The number of thioether (sulfide) groups is 1. The molecule has 2 aliphatic rings. The minimum Gasteiger partial charge on any atom is -0.461 e. The van der Waals surface area contributed by atoms with Crippen LogP contribution in [-0.4, -0.2) is 58.1 Å². The summed E-state index contributed by atoms with van der Waals surface area (Å²) < 4.78 is 15.5. The van der Waals surface area contributed by atoms with E-state index >= 15 is 0 Å². The number of rotatable bonds is 11. The molecule has 1 fully saturated rings. The number of halogens is 1. The standard InChI is InChI=1S/C27H22ClN3O10S/c1-15(33)39-13-19-20(11-28)42-26-21(29-24(34)23(41-14-32)17-5-3-2-4-6-17)25(35)30(26)22(19)27(36)40-12-16-7-9-18(10-8-16)31(37)38/h2-11,14,21,23,26H,12-13H2,1H3,(H,29,34)/b20-11-/t21?,23?,26-/m1/s1. The minimum atomic E-state index is -1.33. The molecule has 13 nitrogen and oxygen atoms in total. The third-order valence-electron chi connectivity index (χ3n) is 6.17. The van der Waals surface area contributed by atoms with Gasteiger partial charge in [-0.2, -0.15) is 0 Å². The van der Waals surface area contributed by atoms with Gasteiger partial charge in [-0.05, 0) is 17.7 Å². The van der Waals surface area contributed by atoms with Crippen LogP contribution in [0.1, 0.15) is 24.2 Å². The predicted octanol–water partition coefficient (Wildman–Crippen LogP) is 2.85. The third kappa shape index (κ3) is 6.44. The van der Waals surface area contributed by atoms with Gasteiger partial charge in [0.1, 0.15) is 30.3 Å². The van der Waals surface area contributed by atoms with Crippen molar-refractivity contribution < 1.29 is 43.1 Å². The molecule has 0 bridgehead atoms. The van der Waals surface area contributed by atoms with Gasteiger partial charge >= 0.3 is 11.9 Å². The first-order chi connectivity index (χ1) is 20.2. The summed E-state index contributed by atoms with van der Waals surface area (Å²) in [6, 6.07) is 12.4. The van der Waals surface area contributed by atoms with Gasteiger partial charge in [-0.15, -0.1) is 0 Å². The fourth-order valence-corrected chi connectivity index (χ4v) is 5.71. The molecular weight excluding hydrogens is 594 g/mol. The van der Waals surface area contributed by atoms with E-state index in [1.807, 2.05) is 0 Å². The highest BCUT2D eigenvalue weighted by atomic mass is 35.5. The summed E-state index contributed by atoms with van der Waals surface area (Å²) in [6.07, 6.45) is -1.33. The number of nitro groups is 1. The fourth-order valence-electron chi connectivity index (χ4n) is 4.18. The maximum absolute atomic E-state index is 13.4. The van der Waals surface area contributed by atoms with Crippen LogP contribution in [0, 0.1) is 10.1 Å². The second-order valence-corrected chi connectivity index (χ2v) is 10.2. The van der Waals surface area contributed by atoms with Gasteiger partial charge in [-0.1, -0.05) is 53.7 Å². The van der Waals surface area contributed by atoms with Crippen LogP contribution in [0.15, 0.2) is 76.3 Å². The Balaban J connectivity index is 1.58. The molecule has 15 heteroatoms. The Morgan fingerprint density at radius 2 is 1.81 bits per heavy atom. The van der Waals surface area contributed by atoms with E-state index in [0.29, 0.717) is 11.1 Å². The van der Waals surface area contributed by atoms with E-state index in [2.05, 4.69) is 5.32 Å². The highest BCUT2D eigenvalue weighted by molar-refractivity contribution is 8.04. The van der Waals surface area contributed by atoms with Crippen molar-refractivity contribution in [2.75, 3.05) is 6.61 Å². The van der Waals surface area contributed by atoms with Crippen LogP contribution in [0.3, 0.4) is 0 Å². The number of hydrogen-bond donors (Lipinski definition) is 1. The van der Waals surface area contributed by atoms with Crippen molar-refractivity contribution in [2.24, 2.45) is 0 Å². The summed E-state index contributed by atoms with van der Waals surface area (Å²) in [5.74, 6) is -3.04. The number of fused-ring (bicyclic) bond motifs is 1. The second kappa shape index (κ2) is 13.3. The molecule has 2 aromatic carbocycles. The Hall–Kier alpha value is -4.69. The van der Waals surface area contributed by atoms with Crippen LogP contribution in [0.25, 0.3) is 0 Å². The molecule has 2 heterocycles. The van der Waals surface area contributed by atoms with Crippen LogP contribution in [0.2, 0.25) is 0 Å². The van der Waals surface area contributed by atoms with Crippen LogP contribution >= 0.6 is 23.4 Å². The van der Waals surface area contributed by atoms with Crippen molar-refractivity contribution >= 4 is 59.3 Å².